The largest absolute Gasteiger partial charge is 0.507 e. The minimum atomic E-state index is 0.00849. The maximum absolute atomic E-state index is 9.48. The van der Waals surface area contributed by atoms with Crippen LogP contribution in [0.25, 0.3) is 0 Å². The average Bonchev–Trinajstić information content (AvgIpc) is 2.30. The zero-order chi connectivity index (χ0) is 11.4. The van der Waals surface area contributed by atoms with Crippen LogP contribution in [0.1, 0.15) is 5.56 Å². The van der Waals surface area contributed by atoms with Crippen LogP contribution in [0.2, 0.25) is 0 Å². The Bertz CT molecular complexity index is 476. The summed E-state index contributed by atoms with van der Waals surface area (Å²) in [5, 5.41) is 18.9. The number of rotatable bonds is 2. The number of nitrogens with zero attached hydrogens (tertiary/aromatic N) is 2. The van der Waals surface area contributed by atoms with Gasteiger partial charge in [-0.1, -0.05) is 12.1 Å². The first kappa shape index (κ1) is 10.2. The molecule has 0 saturated carbocycles. The van der Waals surface area contributed by atoms with Crippen molar-refractivity contribution < 1.29 is 10.2 Å². The molecule has 2 rings (SSSR count). The fraction of sp³-hybridized carbons (Fsp3) is 0. The van der Waals surface area contributed by atoms with E-state index in [-0.39, 0.29) is 17.3 Å². The van der Waals surface area contributed by atoms with E-state index in [9.17, 15) is 10.2 Å². The highest BCUT2D eigenvalue weighted by Crippen LogP contribution is 2.22. The van der Waals surface area contributed by atoms with Crippen molar-refractivity contribution in [1.29, 1.82) is 0 Å². The zero-order valence-electron chi connectivity index (χ0n) is 8.41. The Labute approximate surface area is 92.6 Å². The Morgan fingerprint density at radius 2 is 1.75 bits per heavy atom. The number of phenols is 1. The number of hydrogen-bond acceptors (Lipinski definition) is 4. The lowest BCUT2D eigenvalue weighted by atomic mass is 10.2. The second-order valence-corrected chi connectivity index (χ2v) is 3.16. The quantitative estimate of drug-likeness (QED) is 0.753. The van der Waals surface area contributed by atoms with E-state index in [1.807, 2.05) is 0 Å². The van der Waals surface area contributed by atoms with Crippen LogP contribution in [0, 0.1) is 0 Å². The first-order valence-electron chi connectivity index (χ1n) is 4.73. The van der Waals surface area contributed by atoms with Crippen LogP contribution in [0.5, 0.6) is 11.5 Å². The molecule has 0 saturated heterocycles. The van der Waals surface area contributed by atoms with Crippen LogP contribution in [0.15, 0.2) is 47.6 Å². The fourth-order valence-corrected chi connectivity index (χ4v) is 1.22. The Morgan fingerprint density at radius 3 is 2.50 bits per heavy atom. The van der Waals surface area contributed by atoms with Crippen LogP contribution in [0.3, 0.4) is 0 Å². The summed E-state index contributed by atoms with van der Waals surface area (Å²) < 4.78 is 0. The van der Waals surface area contributed by atoms with E-state index in [1.165, 1.54) is 18.5 Å². The van der Waals surface area contributed by atoms with E-state index in [4.69, 9.17) is 0 Å². The predicted molar refractivity (Wildman–Crippen MR) is 61.3 cm³/mol. The molecule has 16 heavy (non-hydrogen) atoms. The standard InChI is InChI=1S/C12H10N2O2/c15-10-5-2-1-4-9(10)8-14-12-11(16)6-3-7-13-12/h1-8,15-16H. The van der Waals surface area contributed by atoms with Crippen molar-refractivity contribution in [3.8, 4) is 11.5 Å². The highest BCUT2D eigenvalue weighted by molar-refractivity contribution is 5.85. The molecule has 4 heteroatoms. The van der Waals surface area contributed by atoms with Gasteiger partial charge in [0.1, 0.15) is 5.75 Å². The van der Waals surface area contributed by atoms with E-state index < -0.39 is 0 Å². The summed E-state index contributed by atoms with van der Waals surface area (Å²) in [6, 6.07) is 9.93. The molecule has 1 aromatic heterocycles. The first-order valence-corrected chi connectivity index (χ1v) is 4.73. The average molecular weight is 214 g/mol. The van der Waals surface area contributed by atoms with Gasteiger partial charge in [-0.2, -0.15) is 0 Å². The third kappa shape index (κ3) is 2.17. The molecule has 0 aliphatic heterocycles. The van der Waals surface area contributed by atoms with Crippen molar-refractivity contribution in [2.24, 2.45) is 4.99 Å². The minimum Gasteiger partial charge on any atom is -0.507 e. The molecule has 0 radical (unpaired) electrons. The van der Waals surface area contributed by atoms with Crippen molar-refractivity contribution in [2.75, 3.05) is 0 Å². The summed E-state index contributed by atoms with van der Waals surface area (Å²) in [7, 11) is 0. The molecular weight excluding hydrogens is 204 g/mol. The van der Waals surface area contributed by atoms with Gasteiger partial charge in [-0.25, -0.2) is 9.98 Å². The van der Waals surface area contributed by atoms with Crippen LogP contribution >= 0.6 is 0 Å². The first-order chi connectivity index (χ1) is 7.77. The van der Waals surface area contributed by atoms with E-state index in [2.05, 4.69) is 9.98 Å². The third-order valence-corrected chi connectivity index (χ3v) is 2.03. The van der Waals surface area contributed by atoms with Gasteiger partial charge in [0.2, 0.25) is 0 Å². The second kappa shape index (κ2) is 4.44. The molecule has 0 spiro atoms. The molecule has 0 aliphatic rings. The Kier molecular flexibility index (Phi) is 2.82. The van der Waals surface area contributed by atoms with Crippen molar-refractivity contribution in [3.63, 3.8) is 0 Å². The number of benzene rings is 1. The van der Waals surface area contributed by atoms with E-state index >= 15 is 0 Å². The Hall–Kier alpha value is -2.36. The molecule has 1 heterocycles. The monoisotopic (exact) mass is 214 g/mol. The van der Waals surface area contributed by atoms with Gasteiger partial charge in [-0.05, 0) is 24.3 Å². The number of aromatic hydroxyl groups is 2. The van der Waals surface area contributed by atoms with E-state index in [0.717, 1.165) is 0 Å². The lowest BCUT2D eigenvalue weighted by Crippen LogP contribution is -1.82. The second-order valence-electron chi connectivity index (χ2n) is 3.16. The number of aromatic nitrogens is 1. The highest BCUT2D eigenvalue weighted by atomic mass is 16.3. The summed E-state index contributed by atoms with van der Waals surface area (Å²) in [5.74, 6) is 0.376. The number of aliphatic imine (C=N–C) groups is 1. The normalized spacial score (nSPS) is 10.8. The summed E-state index contributed by atoms with van der Waals surface area (Å²) in [6.07, 6.45) is 2.99. The number of para-hydroxylation sites is 1. The van der Waals surface area contributed by atoms with Crippen LogP contribution in [-0.2, 0) is 0 Å². The molecule has 2 aromatic rings. The van der Waals surface area contributed by atoms with Gasteiger partial charge in [-0.3, -0.25) is 0 Å². The van der Waals surface area contributed by atoms with Crippen molar-refractivity contribution in [1.82, 2.24) is 4.98 Å². The Morgan fingerprint density at radius 1 is 1.00 bits per heavy atom. The summed E-state index contributed by atoms with van der Waals surface area (Å²) in [6.45, 7) is 0. The predicted octanol–water partition coefficient (Wildman–Crippen LogP) is 2.24. The molecular formula is C12H10N2O2. The lowest BCUT2D eigenvalue weighted by Gasteiger charge is -1.98. The molecule has 80 valence electrons. The van der Waals surface area contributed by atoms with Gasteiger partial charge in [0, 0.05) is 18.0 Å². The SMILES string of the molecule is Oc1ccccc1C=Nc1ncccc1O. The van der Waals surface area contributed by atoms with Crippen molar-refractivity contribution in [2.45, 2.75) is 0 Å². The van der Waals surface area contributed by atoms with Crippen LogP contribution in [-0.4, -0.2) is 21.4 Å². The number of hydrogen-bond donors (Lipinski definition) is 2. The molecule has 0 fully saturated rings. The van der Waals surface area contributed by atoms with Crippen molar-refractivity contribution >= 4 is 12.0 Å². The smallest absolute Gasteiger partial charge is 0.194 e. The lowest BCUT2D eigenvalue weighted by molar-refractivity contribution is 0.473. The topological polar surface area (TPSA) is 65.7 Å². The van der Waals surface area contributed by atoms with E-state index in [0.29, 0.717) is 5.56 Å². The van der Waals surface area contributed by atoms with Gasteiger partial charge in [0.15, 0.2) is 11.6 Å². The van der Waals surface area contributed by atoms with Gasteiger partial charge in [0.25, 0.3) is 0 Å². The molecule has 0 unspecified atom stereocenters. The molecule has 0 bridgehead atoms. The van der Waals surface area contributed by atoms with Gasteiger partial charge in [-0.15, -0.1) is 0 Å². The fourth-order valence-electron chi connectivity index (χ4n) is 1.22. The summed E-state index contributed by atoms with van der Waals surface area (Å²) in [5.41, 5.74) is 0.576. The summed E-state index contributed by atoms with van der Waals surface area (Å²) in [4.78, 5) is 7.88. The molecule has 0 amide bonds. The molecule has 4 nitrogen and oxygen atoms in total. The van der Waals surface area contributed by atoms with Gasteiger partial charge >= 0.3 is 0 Å². The molecule has 0 aliphatic carbocycles. The Balaban J connectivity index is 2.29. The highest BCUT2D eigenvalue weighted by Gasteiger charge is 1.99. The number of pyridine rings is 1. The molecule has 2 N–H and O–H groups in total. The van der Waals surface area contributed by atoms with Crippen LogP contribution in [0.4, 0.5) is 5.82 Å². The minimum absolute atomic E-state index is 0.00849. The zero-order valence-corrected chi connectivity index (χ0v) is 8.41. The van der Waals surface area contributed by atoms with Gasteiger partial charge in [0.05, 0.1) is 0 Å². The third-order valence-electron chi connectivity index (χ3n) is 2.03. The van der Waals surface area contributed by atoms with E-state index in [1.54, 1.807) is 30.3 Å². The summed E-state index contributed by atoms with van der Waals surface area (Å²) >= 11 is 0. The van der Waals surface area contributed by atoms with Crippen LogP contribution < -0.4 is 0 Å². The molecule has 1 aromatic carbocycles. The molecule has 0 atom stereocenters. The maximum atomic E-state index is 9.48. The van der Waals surface area contributed by atoms with Crippen molar-refractivity contribution in [3.05, 3.63) is 48.2 Å². The maximum Gasteiger partial charge on any atom is 0.194 e. The number of phenolic OH excluding ortho intramolecular Hbond substituents is 1. The van der Waals surface area contributed by atoms with Gasteiger partial charge < -0.3 is 10.2 Å².